The summed E-state index contributed by atoms with van der Waals surface area (Å²) in [7, 11) is -1.75. The fraction of sp³-hybridized carbons (Fsp3) is 0.818. The molecule has 0 amide bonds. The SMILES string of the molecule is C=C1CC[C@H](O[Si](C)(C)C(C)(C)C)C/C1=C\C=C1/CCC[C@@]2(C)[C@@H]1CC[C@@H]2[C@H](C)CCCC(C)(C)O. The zero-order valence-electron chi connectivity index (χ0n) is 25.3. The van der Waals surface area contributed by atoms with Gasteiger partial charge in [0.05, 0.1) is 5.60 Å². The molecule has 2 nitrogen and oxygen atoms in total. The van der Waals surface area contributed by atoms with Gasteiger partial charge in [0, 0.05) is 6.10 Å². The molecular formula is C33H58O2Si. The Bertz CT molecular complexity index is 837. The average Bonchev–Trinajstić information content (AvgIpc) is 3.09. The number of allylic oxidation sites excluding steroid dienone is 4. The summed E-state index contributed by atoms with van der Waals surface area (Å²) in [5.74, 6) is 2.29. The number of fused-ring (bicyclic) bond motifs is 1. The number of aliphatic hydroxyl groups is 1. The van der Waals surface area contributed by atoms with Crippen molar-refractivity contribution in [2.75, 3.05) is 0 Å². The Balaban J connectivity index is 1.69. The van der Waals surface area contributed by atoms with E-state index in [0.29, 0.717) is 11.5 Å². The van der Waals surface area contributed by atoms with Crippen molar-refractivity contribution in [3.05, 3.63) is 35.5 Å². The lowest BCUT2D eigenvalue weighted by Crippen LogP contribution is -2.44. The zero-order chi connectivity index (χ0) is 26.9. The maximum absolute atomic E-state index is 10.1. The molecule has 206 valence electrons. The molecule has 0 aromatic heterocycles. The van der Waals surface area contributed by atoms with E-state index in [4.69, 9.17) is 4.43 Å². The maximum Gasteiger partial charge on any atom is 0.192 e. The molecule has 1 N–H and O–H groups in total. The van der Waals surface area contributed by atoms with Crippen LogP contribution in [0, 0.1) is 23.2 Å². The van der Waals surface area contributed by atoms with Crippen LogP contribution in [-0.4, -0.2) is 25.1 Å². The summed E-state index contributed by atoms with van der Waals surface area (Å²) >= 11 is 0. The van der Waals surface area contributed by atoms with Gasteiger partial charge < -0.3 is 9.53 Å². The largest absolute Gasteiger partial charge is 0.414 e. The van der Waals surface area contributed by atoms with Gasteiger partial charge in [0.15, 0.2) is 8.32 Å². The molecule has 0 aromatic rings. The van der Waals surface area contributed by atoms with Gasteiger partial charge in [-0.05, 0) is 119 Å². The highest BCUT2D eigenvalue weighted by atomic mass is 28.4. The zero-order valence-corrected chi connectivity index (χ0v) is 26.3. The van der Waals surface area contributed by atoms with Gasteiger partial charge in [-0.15, -0.1) is 0 Å². The average molecular weight is 515 g/mol. The van der Waals surface area contributed by atoms with Gasteiger partial charge in [-0.25, -0.2) is 0 Å². The van der Waals surface area contributed by atoms with E-state index >= 15 is 0 Å². The number of hydrogen-bond acceptors (Lipinski definition) is 2. The van der Waals surface area contributed by atoms with Crippen molar-refractivity contribution >= 4 is 8.32 Å². The smallest absolute Gasteiger partial charge is 0.192 e. The molecule has 3 saturated carbocycles. The van der Waals surface area contributed by atoms with E-state index in [1.165, 1.54) is 49.7 Å². The van der Waals surface area contributed by atoms with Crippen LogP contribution in [0.15, 0.2) is 35.5 Å². The van der Waals surface area contributed by atoms with Crippen LogP contribution in [0.1, 0.15) is 119 Å². The van der Waals surface area contributed by atoms with Crippen LogP contribution in [0.3, 0.4) is 0 Å². The highest BCUT2D eigenvalue weighted by Crippen LogP contribution is 2.60. The van der Waals surface area contributed by atoms with E-state index in [0.717, 1.165) is 49.9 Å². The van der Waals surface area contributed by atoms with Crippen LogP contribution in [0.5, 0.6) is 0 Å². The summed E-state index contributed by atoms with van der Waals surface area (Å²) < 4.78 is 6.81. The first-order chi connectivity index (χ1) is 16.5. The van der Waals surface area contributed by atoms with Gasteiger partial charge in [0.1, 0.15) is 0 Å². The molecule has 3 rings (SSSR count). The first kappa shape index (κ1) is 29.9. The molecule has 5 atom stereocenters. The number of hydrogen-bond donors (Lipinski definition) is 1. The molecule has 3 fully saturated rings. The quantitative estimate of drug-likeness (QED) is 0.327. The summed E-state index contributed by atoms with van der Waals surface area (Å²) in [4.78, 5) is 0. The minimum Gasteiger partial charge on any atom is -0.414 e. The highest BCUT2D eigenvalue weighted by molar-refractivity contribution is 6.74. The Morgan fingerprint density at radius 2 is 1.81 bits per heavy atom. The summed E-state index contributed by atoms with van der Waals surface area (Å²) in [6.07, 6.45) is 18.5. The Kier molecular flexibility index (Phi) is 9.33. The minimum absolute atomic E-state index is 0.254. The van der Waals surface area contributed by atoms with E-state index in [-0.39, 0.29) is 5.04 Å². The van der Waals surface area contributed by atoms with Gasteiger partial charge in [0.2, 0.25) is 0 Å². The van der Waals surface area contributed by atoms with Gasteiger partial charge in [-0.1, -0.05) is 77.3 Å². The van der Waals surface area contributed by atoms with Crippen LogP contribution < -0.4 is 0 Å². The first-order valence-electron chi connectivity index (χ1n) is 15.0. The molecule has 0 saturated heterocycles. The summed E-state index contributed by atoms with van der Waals surface area (Å²) in [6, 6.07) is 0. The molecule has 0 aliphatic heterocycles. The van der Waals surface area contributed by atoms with Crippen molar-refractivity contribution in [1.82, 2.24) is 0 Å². The predicted octanol–water partition coefficient (Wildman–Crippen LogP) is 9.76. The van der Waals surface area contributed by atoms with E-state index in [1.54, 1.807) is 5.57 Å². The van der Waals surface area contributed by atoms with E-state index in [9.17, 15) is 5.11 Å². The van der Waals surface area contributed by atoms with E-state index in [1.807, 2.05) is 13.8 Å². The lowest BCUT2D eigenvalue weighted by Gasteiger charge is -2.44. The fourth-order valence-electron chi connectivity index (χ4n) is 7.35. The predicted molar refractivity (Wildman–Crippen MR) is 159 cm³/mol. The molecule has 36 heavy (non-hydrogen) atoms. The van der Waals surface area contributed by atoms with Crippen molar-refractivity contribution in [3.8, 4) is 0 Å². The molecule has 0 unspecified atom stereocenters. The van der Waals surface area contributed by atoms with Crippen molar-refractivity contribution in [2.45, 2.75) is 149 Å². The van der Waals surface area contributed by atoms with Crippen molar-refractivity contribution in [1.29, 1.82) is 0 Å². The van der Waals surface area contributed by atoms with Gasteiger partial charge in [0.25, 0.3) is 0 Å². The molecule has 0 spiro atoms. The van der Waals surface area contributed by atoms with Crippen LogP contribution in [-0.2, 0) is 4.43 Å². The van der Waals surface area contributed by atoms with Crippen LogP contribution in [0.4, 0.5) is 0 Å². The monoisotopic (exact) mass is 514 g/mol. The van der Waals surface area contributed by atoms with Crippen molar-refractivity contribution in [2.24, 2.45) is 23.2 Å². The maximum atomic E-state index is 10.1. The summed E-state index contributed by atoms with van der Waals surface area (Å²) in [5, 5.41) is 10.4. The lowest BCUT2D eigenvalue weighted by atomic mass is 9.60. The number of rotatable bonds is 8. The molecule has 3 heteroatoms. The first-order valence-corrected chi connectivity index (χ1v) is 17.9. The van der Waals surface area contributed by atoms with Gasteiger partial charge in [-0.2, -0.15) is 0 Å². The van der Waals surface area contributed by atoms with Crippen LogP contribution in [0.2, 0.25) is 18.1 Å². The van der Waals surface area contributed by atoms with Crippen molar-refractivity contribution < 1.29 is 9.53 Å². The second-order valence-corrected chi connectivity index (χ2v) is 19.8. The lowest BCUT2D eigenvalue weighted by molar-refractivity contribution is 0.0596. The fourth-order valence-corrected chi connectivity index (χ4v) is 8.74. The molecule has 0 bridgehead atoms. The Morgan fingerprint density at radius 1 is 1.11 bits per heavy atom. The van der Waals surface area contributed by atoms with Crippen LogP contribution in [0.25, 0.3) is 0 Å². The Labute approximate surface area is 225 Å². The van der Waals surface area contributed by atoms with Gasteiger partial charge >= 0.3 is 0 Å². The molecule has 0 radical (unpaired) electrons. The topological polar surface area (TPSA) is 29.5 Å². The Morgan fingerprint density at radius 3 is 2.44 bits per heavy atom. The second-order valence-electron chi connectivity index (χ2n) is 15.1. The van der Waals surface area contributed by atoms with Crippen LogP contribution >= 0.6 is 0 Å². The molecule has 3 aliphatic rings. The Hall–Kier alpha value is -0.643. The van der Waals surface area contributed by atoms with E-state index < -0.39 is 13.9 Å². The third kappa shape index (κ3) is 7.06. The standard InChI is InChI=1S/C33H58O2Si/c1-24-15-18-28(35-36(9,10)31(3,4)5)23-27(24)17-16-26-14-12-22-33(8)29(19-20-30(26)33)25(2)13-11-21-32(6,7)34/h16-17,25,28-30,34H,1,11-15,18-23H2,2-10H3/b26-16+,27-17+/t25-,28+,29-,30-,33-/m1/s1. The third-order valence-electron chi connectivity index (χ3n) is 10.6. The van der Waals surface area contributed by atoms with Crippen molar-refractivity contribution in [3.63, 3.8) is 0 Å². The molecule has 0 heterocycles. The molecule has 3 aliphatic carbocycles. The molecular weight excluding hydrogens is 456 g/mol. The normalized spacial score (nSPS) is 33.3. The molecule has 0 aromatic carbocycles. The third-order valence-corrected chi connectivity index (χ3v) is 15.1. The van der Waals surface area contributed by atoms with Gasteiger partial charge in [-0.3, -0.25) is 0 Å². The summed E-state index contributed by atoms with van der Waals surface area (Å²) in [6.45, 7) is 25.2. The summed E-state index contributed by atoms with van der Waals surface area (Å²) in [5.41, 5.74) is 4.36. The van der Waals surface area contributed by atoms with E-state index in [2.05, 4.69) is 66.4 Å². The minimum atomic E-state index is -1.75. The second kappa shape index (κ2) is 11.2. The highest BCUT2D eigenvalue weighted by Gasteiger charge is 2.50.